The number of amides is 1. The Morgan fingerprint density at radius 3 is 2.58 bits per heavy atom. The first kappa shape index (κ1) is 44.6. The molecule has 3 saturated heterocycles. The van der Waals surface area contributed by atoms with Crippen LogP contribution in [0, 0.1) is 15.5 Å². The van der Waals surface area contributed by atoms with Gasteiger partial charge in [0.25, 0.3) is 21.6 Å². The van der Waals surface area contributed by atoms with Crippen molar-refractivity contribution in [3.8, 4) is 11.5 Å². The first-order valence-electron chi connectivity index (χ1n) is 22.0. The zero-order valence-corrected chi connectivity index (χ0v) is 38.0. The Labute approximate surface area is 383 Å². The predicted molar refractivity (Wildman–Crippen MR) is 249 cm³/mol. The molecule has 0 spiro atoms. The normalized spacial score (nSPS) is 19.8. The number of carbonyl (C=O) groups is 1. The van der Waals surface area contributed by atoms with Crippen LogP contribution >= 0.6 is 11.6 Å². The van der Waals surface area contributed by atoms with Gasteiger partial charge in [-0.15, -0.1) is 0 Å². The Bertz CT molecular complexity index is 2720. The molecule has 3 aromatic carbocycles. The lowest BCUT2D eigenvalue weighted by Gasteiger charge is -2.42. The number of morpholine rings is 1. The van der Waals surface area contributed by atoms with Crippen LogP contribution in [0.15, 0.2) is 95.7 Å². The number of ether oxygens (including phenoxy) is 3. The maximum atomic E-state index is 14.0. The second-order valence-electron chi connectivity index (χ2n) is 18.0. The Balaban J connectivity index is 0.909. The highest BCUT2D eigenvalue weighted by atomic mass is 35.5. The second kappa shape index (κ2) is 18.7. The van der Waals surface area contributed by atoms with Crippen LogP contribution in [0.25, 0.3) is 16.6 Å². The van der Waals surface area contributed by atoms with Gasteiger partial charge < -0.3 is 29.4 Å². The van der Waals surface area contributed by atoms with Crippen LogP contribution in [0.5, 0.6) is 11.5 Å². The maximum absolute atomic E-state index is 14.0. The summed E-state index contributed by atoms with van der Waals surface area (Å²) in [5.41, 5.74) is 5.41. The van der Waals surface area contributed by atoms with Crippen LogP contribution in [0.3, 0.4) is 0 Å². The molecule has 1 amide bonds. The first-order valence-corrected chi connectivity index (χ1v) is 23.9. The summed E-state index contributed by atoms with van der Waals surface area (Å²) in [6.45, 7) is 12.2. The number of rotatable bonds is 14. The minimum absolute atomic E-state index is 0.0465. The van der Waals surface area contributed by atoms with Gasteiger partial charge in [0.2, 0.25) is 0 Å². The molecule has 3 aliphatic heterocycles. The number of carbonyl (C=O) groups excluding carboxylic acids is 1. The van der Waals surface area contributed by atoms with Gasteiger partial charge in [-0.05, 0) is 84.3 Å². The molecular formula is C47H53ClN8O8S. The molecule has 3 fully saturated rings. The minimum atomic E-state index is -4.59. The van der Waals surface area contributed by atoms with Gasteiger partial charge in [0.05, 0.1) is 53.5 Å². The van der Waals surface area contributed by atoms with Gasteiger partial charge in [-0.3, -0.25) is 24.7 Å². The van der Waals surface area contributed by atoms with Crippen molar-refractivity contribution < 1.29 is 32.3 Å². The van der Waals surface area contributed by atoms with Gasteiger partial charge in [0, 0.05) is 86.8 Å². The third-order valence-electron chi connectivity index (χ3n) is 12.9. The lowest BCUT2D eigenvalue weighted by Crippen LogP contribution is -2.56. The van der Waals surface area contributed by atoms with Crippen molar-refractivity contribution in [2.75, 3.05) is 82.4 Å². The fourth-order valence-electron chi connectivity index (χ4n) is 9.05. The fourth-order valence-corrected chi connectivity index (χ4v) is 10.2. The SMILES string of the molecule is CC1(C)CCC(CN2CCN(c3ccc(C(=O)NS(=O)(=O)c4ccc(NC[C@H]5CN(C6COC6)CCO5)c([N+](=O)[O-])c4)c(Oc4cnc5[nH]ccc5c4)c3)CC2)=C(c2ccc(Cl)cc2)C1. The molecule has 0 saturated carbocycles. The second-order valence-corrected chi connectivity index (χ2v) is 20.1. The molecule has 342 valence electrons. The Morgan fingerprint density at radius 1 is 1.03 bits per heavy atom. The number of nitro benzene ring substituents is 1. The van der Waals surface area contributed by atoms with Crippen LogP contribution in [0.4, 0.5) is 17.1 Å². The number of hydrogen-bond donors (Lipinski definition) is 3. The lowest BCUT2D eigenvalue weighted by atomic mass is 9.72. The molecule has 0 unspecified atom stereocenters. The number of aromatic nitrogens is 2. The minimum Gasteiger partial charge on any atom is -0.455 e. The van der Waals surface area contributed by atoms with Gasteiger partial charge in [-0.25, -0.2) is 18.1 Å². The van der Waals surface area contributed by atoms with E-state index >= 15 is 0 Å². The summed E-state index contributed by atoms with van der Waals surface area (Å²) in [5.74, 6) is -0.498. The zero-order valence-electron chi connectivity index (χ0n) is 36.4. The average Bonchev–Trinajstić information content (AvgIpc) is 3.74. The number of pyridine rings is 1. The first-order chi connectivity index (χ1) is 31.3. The van der Waals surface area contributed by atoms with Crippen molar-refractivity contribution in [3.05, 3.63) is 117 Å². The summed E-state index contributed by atoms with van der Waals surface area (Å²) in [7, 11) is -4.59. The third kappa shape index (κ3) is 10.3. The Hall–Kier alpha value is -5.56. The largest absolute Gasteiger partial charge is 0.455 e. The highest BCUT2D eigenvalue weighted by Gasteiger charge is 2.33. The van der Waals surface area contributed by atoms with Crippen LogP contribution in [-0.4, -0.2) is 123 Å². The average molecular weight is 926 g/mol. The summed E-state index contributed by atoms with van der Waals surface area (Å²) < 4.78 is 47.2. The molecule has 3 N–H and O–H groups in total. The number of allylic oxidation sites excluding steroid dienone is 1. The van der Waals surface area contributed by atoms with Crippen molar-refractivity contribution in [1.29, 1.82) is 0 Å². The lowest BCUT2D eigenvalue weighted by molar-refractivity contribution is -0.384. The van der Waals surface area contributed by atoms with E-state index < -0.39 is 31.4 Å². The van der Waals surface area contributed by atoms with E-state index in [1.165, 1.54) is 35.0 Å². The number of nitrogens with zero attached hydrogens (tertiary/aromatic N) is 5. The van der Waals surface area contributed by atoms with E-state index in [1.54, 1.807) is 30.5 Å². The number of nitrogens with one attached hydrogen (secondary N) is 3. The molecule has 0 radical (unpaired) electrons. The molecule has 5 aromatic rings. The van der Waals surface area contributed by atoms with Crippen LogP contribution in [0.1, 0.15) is 49.0 Å². The molecule has 65 heavy (non-hydrogen) atoms. The highest BCUT2D eigenvalue weighted by Crippen LogP contribution is 2.43. The molecule has 9 rings (SSSR count). The number of sulfonamides is 1. The number of anilines is 2. The summed E-state index contributed by atoms with van der Waals surface area (Å²) in [6.07, 6.45) is 6.24. The van der Waals surface area contributed by atoms with E-state index in [9.17, 15) is 23.3 Å². The molecule has 16 nitrogen and oxygen atoms in total. The molecule has 1 aliphatic carbocycles. The molecule has 18 heteroatoms. The van der Waals surface area contributed by atoms with Crippen molar-refractivity contribution in [2.45, 2.75) is 50.2 Å². The molecule has 5 heterocycles. The number of H-pyrrole nitrogens is 1. The molecule has 1 atom stereocenters. The van der Waals surface area contributed by atoms with E-state index in [0.717, 1.165) is 80.7 Å². The van der Waals surface area contributed by atoms with E-state index in [-0.39, 0.29) is 35.1 Å². The van der Waals surface area contributed by atoms with Crippen LogP contribution in [-0.2, 0) is 19.5 Å². The maximum Gasteiger partial charge on any atom is 0.293 e. The van der Waals surface area contributed by atoms with Crippen molar-refractivity contribution in [3.63, 3.8) is 0 Å². The van der Waals surface area contributed by atoms with Crippen molar-refractivity contribution in [1.82, 2.24) is 24.5 Å². The van der Waals surface area contributed by atoms with Crippen LogP contribution < -0.4 is 19.7 Å². The van der Waals surface area contributed by atoms with Gasteiger partial charge in [0.15, 0.2) is 0 Å². The van der Waals surface area contributed by atoms with Gasteiger partial charge in [-0.1, -0.05) is 43.2 Å². The summed E-state index contributed by atoms with van der Waals surface area (Å²) in [6, 6.07) is 20.7. The number of nitro groups is 1. The molecular weight excluding hydrogens is 872 g/mol. The summed E-state index contributed by atoms with van der Waals surface area (Å²) in [4.78, 5) is 39.6. The smallest absolute Gasteiger partial charge is 0.293 e. The quantitative estimate of drug-likeness (QED) is 0.0744. The van der Waals surface area contributed by atoms with E-state index in [2.05, 4.69) is 60.7 Å². The van der Waals surface area contributed by atoms with E-state index in [4.69, 9.17) is 25.8 Å². The van der Waals surface area contributed by atoms with E-state index in [1.807, 2.05) is 18.2 Å². The van der Waals surface area contributed by atoms with Gasteiger partial charge >= 0.3 is 0 Å². The van der Waals surface area contributed by atoms with Crippen molar-refractivity contribution in [2.24, 2.45) is 5.41 Å². The number of piperazine rings is 1. The standard InChI is InChI=1S/C47H53ClN8O8S/c1-47(2)13-11-33(41(24-47)31-3-5-34(48)6-4-31)27-53-15-17-54(18-16-53)35-7-9-40(44(22-35)64-37-21-32-12-14-49-45(32)51-25-37)46(57)52-65(60,61)39-8-10-42(43(23-39)56(58)59)50-26-38-28-55(19-20-63-38)36-29-62-30-36/h3-10,12,14,21-23,25,36,38,50H,11,13,15-20,24,26-30H2,1-2H3,(H,49,51)(H,52,57)/t38-/m0/s1. The molecule has 0 bridgehead atoms. The third-order valence-corrected chi connectivity index (χ3v) is 14.5. The number of benzene rings is 3. The number of aromatic amines is 1. The topological polar surface area (TPSA) is 184 Å². The summed E-state index contributed by atoms with van der Waals surface area (Å²) >= 11 is 6.25. The Morgan fingerprint density at radius 2 is 1.83 bits per heavy atom. The molecule has 4 aliphatic rings. The Kier molecular flexibility index (Phi) is 12.9. The number of halogens is 1. The zero-order chi connectivity index (χ0) is 45.3. The summed E-state index contributed by atoms with van der Waals surface area (Å²) in [5, 5.41) is 16.8. The predicted octanol–water partition coefficient (Wildman–Crippen LogP) is 7.33. The van der Waals surface area contributed by atoms with E-state index in [0.29, 0.717) is 43.8 Å². The van der Waals surface area contributed by atoms with Crippen molar-refractivity contribution >= 4 is 61.2 Å². The van der Waals surface area contributed by atoms with Gasteiger partial charge in [0.1, 0.15) is 22.8 Å². The fraction of sp³-hybridized carbons (Fsp3) is 0.404. The highest BCUT2D eigenvalue weighted by molar-refractivity contribution is 7.90. The van der Waals surface area contributed by atoms with Crippen LogP contribution in [0.2, 0.25) is 5.02 Å². The number of fused-ring (bicyclic) bond motifs is 1. The monoisotopic (exact) mass is 924 g/mol. The van der Waals surface area contributed by atoms with Gasteiger partial charge in [-0.2, -0.15) is 0 Å². The molecule has 2 aromatic heterocycles. The number of hydrogen-bond acceptors (Lipinski definition) is 13.